The Kier molecular flexibility index (Phi) is 8.84. The van der Waals surface area contributed by atoms with Crippen molar-refractivity contribution in [2.24, 2.45) is 5.92 Å². The summed E-state index contributed by atoms with van der Waals surface area (Å²) in [6.45, 7) is 9.83. The second-order valence-electron chi connectivity index (χ2n) is 9.49. The van der Waals surface area contributed by atoms with E-state index in [2.05, 4.69) is 36.5 Å². The van der Waals surface area contributed by atoms with E-state index in [1.807, 2.05) is 18.7 Å². The van der Waals surface area contributed by atoms with Crippen molar-refractivity contribution in [2.75, 3.05) is 31.1 Å². The molecule has 35 heavy (non-hydrogen) atoms. The Bertz CT molecular complexity index is 1040. The van der Waals surface area contributed by atoms with Gasteiger partial charge in [0.2, 0.25) is 5.91 Å². The van der Waals surface area contributed by atoms with Crippen molar-refractivity contribution in [3.8, 4) is 0 Å². The standard InChI is InChI=1S/C27H36N4O4/c1-5-6-7-21-8-10-22(11-9-21)26(19(2)3)28-27(33)23-12-13-24(25(18-23)31(34)35)30-16-14-29(15-17-30)20(4)32/h8-13,18-19,26H,5-7,14-17H2,1-4H3,(H,28,33). The number of unbranched alkanes of at least 4 members (excludes halogenated alkanes) is 1. The van der Waals surface area contributed by atoms with Crippen LogP contribution in [0.1, 0.15) is 68.1 Å². The monoisotopic (exact) mass is 480 g/mol. The molecule has 0 bridgehead atoms. The van der Waals surface area contributed by atoms with Crippen molar-refractivity contribution in [3.63, 3.8) is 0 Å². The molecule has 188 valence electrons. The summed E-state index contributed by atoms with van der Waals surface area (Å²) in [6, 6.07) is 12.8. The van der Waals surface area contributed by atoms with Crippen LogP contribution >= 0.6 is 0 Å². The van der Waals surface area contributed by atoms with E-state index in [9.17, 15) is 19.7 Å². The summed E-state index contributed by atoms with van der Waals surface area (Å²) < 4.78 is 0. The molecule has 1 saturated heterocycles. The molecule has 3 rings (SSSR count). The minimum atomic E-state index is -0.446. The summed E-state index contributed by atoms with van der Waals surface area (Å²) in [6.07, 6.45) is 3.33. The first-order valence-corrected chi connectivity index (χ1v) is 12.4. The van der Waals surface area contributed by atoms with Crippen LogP contribution in [0.2, 0.25) is 0 Å². The average Bonchev–Trinajstić information content (AvgIpc) is 2.85. The van der Waals surface area contributed by atoms with Gasteiger partial charge in [0, 0.05) is 44.7 Å². The number of amides is 2. The molecule has 8 nitrogen and oxygen atoms in total. The number of hydrogen-bond donors (Lipinski definition) is 1. The zero-order valence-electron chi connectivity index (χ0n) is 21.1. The molecule has 1 heterocycles. The number of aryl methyl sites for hydroxylation is 1. The molecule has 2 amide bonds. The number of carbonyl (C=O) groups excluding carboxylic acids is 2. The quantitative estimate of drug-likeness (QED) is 0.413. The van der Waals surface area contributed by atoms with Crippen LogP contribution in [-0.4, -0.2) is 47.8 Å². The molecule has 2 aromatic rings. The van der Waals surface area contributed by atoms with Crippen LogP contribution < -0.4 is 10.2 Å². The molecule has 1 fully saturated rings. The van der Waals surface area contributed by atoms with Gasteiger partial charge in [-0.2, -0.15) is 0 Å². The van der Waals surface area contributed by atoms with E-state index in [0.717, 1.165) is 24.8 Å². The van der Waals surface area contributed by atoms with Gasteiger partial charge in [-0.05, 0) is 42.0 Å². The maximum absolute atomic E-state index is 13.1. The minimum Gasteiger partial charge on any atom is -0.362 e. The van der Waals surface area contributed by atoms with Crippen molar-refractivity contribution >= 4 is 23.2 Å². The summed E-state index contributed by atoms with van der Waals surface area (Å²) in [7, 11) is 0. The normalized spacial score (nSPS) is 14.7. The summed E-state index contributed by atoms with van der Waals surface area (Å²) >= 11 is 0. The number of carbonyl (C=O) groups is 2. The SMILES string of the molecule is CCCCc1ccc(C(NC(=O)c2ccc(N3CCN(C(C)=O)CC3)c([N+](=O)[O-])c2)C(C)C)cc1. The lowest BCUT2D eigenvalue weighted by Gasteiger charge is -2.35. The fourth-order valence-corrected chi connectivity index (χ4v) is 4.47. The Labute approximate surface area is 207 Å². The number of hydrogen-bond acceptors (Lipinski definition) is 5. The van der Waals surface area contributed by atoms with Gasteiger partial charge in [-0.25, -0.2) is 0 Å². The third-order valence-corrected chi connectivity index (χ3v) is 6.61. The molecule has 1 atom stereocenters. The predicted molar refractivity (Wildman–Crippen MR) is 138 cm³/mol. The highest BCUT2D eigenvalue weighted by atomic mass is 16.6. The van der Waals surface area contributed by atoms with Crippen LogP contribution in [0, 0.1) is 16.0 Å². The highest BCUT2D eigenvalue weighted by Crippen LogP contribution is 2.31. The van der Waals surface area contributed by atoms with Gasteiger partial charge in [-0.3, -0.25) is 19.7 Å². The highest BCUT2D eigenvalue weighted by molar-refractivity contribution is 5.96. The molecule has 0 radical (unpaired) electrons. The molecule has 0 aliphatic carbocycles. The van der Waals surface area contributed by atoms with Gasteiger partial charge in [0.25, 0.3) is 11.6 Å². The van der Waals surface area contributed by atoms with Crippen molar-refractivity contribution in [3.05, 3.63) is 69.3 Å². The van der Waals surface area contributed by atoms with Crippen LogP contribution in [0.15, 0.2) is 42.5 Å². The first kappa shape index (κ1) is 26.2. The maximum Gasteiger partial charge on any atom is 0.293 e. The summed E-state index contributed by atoms with van der Waals surface area (Å²) in [4.78, 5) is 39.8. The number of nitrogens with one attached hydrogen (secondary N) is 1. The number of rotatable bonds is 9. The first-order chi connectivity index (χ1) is 16.7. The first-order valence-electron chi connectivity index (χ1n) is 12.4. The number of nitro benzene ring substituents is 1. The van der Waals surface area contributed by atoms with E-state index in [-0.39, 0.29) is 35.0 Å². The van der Waals surface area contributed by atoms with Crippen LogP contribution in [0.5, 0.6) is 0 Å². The largest absolute Gasteiger partial charge is 0.362 e. The van der Waals surface area contributed by atoms with E-state index in [4.69, 9.17) is 0 Å². The lowest BCUT2D eigenvalue weighted by molar-refractivity contribution is -0.384. The molecule has 0 saturated carbocycles. The smallest absolute Gasteiger partial charge is 0.293 e. The fourth-order valence-electron chi connectivity index (χ4n) is 4.47. The lowest BCUT2D eigenvalue weighted by atomic mass is 9.94. The Morgan fingerprint density at radius 1 is 1.06 bits per heavy atom. The molecule has 1 aliphatic rings. The Balaban J connectivity index is 1.77. The average molecular weight is 481 g/mol. The highest BCUT2D eigenvalue weighted by Gasteiger charge is 2.27. The molecule has 8 heteroatoms. The van der Waals surface area contributed by atoms with Gasteiger partial charge in [0.1, 0.15) is 5.69 Å². The van der Waals surface area contributed by atoms with Gasteiger partial charge in [0.15, 0.2) is 0 Å². The summed E-state index contributed by atoms with van der Waals surface area (Å²) in [5.74, 6) is -0.191. The van der Waals surface area contributed by atoms with Crippen molar-refractivity contribution < 1.29 is 14.5 Å². The van der Waals surface area contributed by atoms with Gasteiger partial charge in [-0.15, -0.1) is 0 Å². The van der Waals surface area contributed by atoms with Crippen LogP contribution in [0.4, 0.5) is 11.4 Å². The second kappa shape index (κ2) is 11.8. The van der Waals surface area contributed by atoms with Crippen molar-refractivity contribution in [1.29, 1.82) is 0 Å². The summed E-state index contributed by atoms with van der Waals surface area (Å²) in [5, 5.41) is 14.9. The van der Waals surface area contributed by atoms with Gasteiger partial charge in [-0.1, -0.05) is 51.5 Å². The lowest BCUT2D eigenvalue weighted by Crippen LogP contribution is -2.48. The molecule has 0 aromatic heterocycles. The van der Waals surface area contributed by atoms with Crippen LogP contribution in [0.25, 0.3) is 0 Å². The fraction of sp³-hybridized carbons (Fsp3) is 0.481. The predicted octanol–water partition coefficient (Wildman–Crippen LogP) is 4.73. The maximum atomic E-state index is 13.1. The van der Waals surface area contributed by atoms with Crippen molar-refractivity contribution in [1.82, 2.24) is 10.2 Å². The van der Waals surface area contributed by atoms with Gasteiger partial charge >= 0.3 is 0 Å². The van der Waals surface area contributed by atoms with E-state index < -0.39 is 4.92 Å². The van der Waals surface area contributed by atoms with E-state index >= 15 is 0 Å². The topological polar surface area (TPSA) is 95.8 Å². The Hall–Kier alpha value is -3.42. The van der Waals surface area contributed by atoms with Crippen LogP contribution in [-0.2, 0) is 11.2 Å². The minimum absolute atomic E-state index is 0.00137. The Morgan fingerprint density at radius 3 is 2.26 bits per heavy atom. The number of nitro groups is 1. The zero-order chi connectivity index (χ0) is 25.5. The molecular formula is C27H36N4O4. The van der Waals surface area contributed by atoms with E-state index in [1.165, 1.54) is 18.6 Å². The van der Waals surface area contributed by atoms with Gasteiger partial charge in [0.05, 0.1) is 11.0 Å². The van der Waals surface area contributed by atoms with Crippen LogP contribution in [0.3, 0.4) is 0 Å². The zero-order valence-corrected chi connectivity index (χ0v) is 21.1. The third kappa shape index (κ3) is 6.59. The number of nitrogens with zero attached hydrogens (tertiary/aromatic N) is 3. The van der Waals surface area contributed by atoms with E-state index in [0.29, 0.717) is 31.9 Å². The molecule has 1 N–H and O–H groups in total. The molecule has 1 aliphatic heterocycles. The molecule has 2 aromatic carbocycles. The van der Waals surface area contributed by atoms with E-state index in [1.54, 1.807) is 17.0 Å². The Morgan fingerprint density at radius 2 is 1.71 bits per heavy atom. The van der Waals surface area contributed by atoms with Gasteiger partial charge < -0.3 is 15.1 Å². The molecular weight excluding hydrogens is 444 g/mol. The van der Waals surface area contributed by atoms with Crippen molar-refractivity contribution in [2.45, 2.75) is 53.0 Å². The number of benzene rings is 2. The second-order valence-corrected chi connectivity index (χ2v) is 9.49. The number of piperazine rings is 1. The third-order valence-electron chi connectivity index (χ3n) is 6.61. The number of anilines is 1. The summed E-state index contributed by atoms with van der Waals surface area (Å²) in [5.41, 5.74) is 2.92. The molecule has 1 unspecified atom stereocenters. The molecule has 0 spiro atoms.